The topological polar surface area (TPSA) is 45.4 Å². The van der Waals surface area contributed by atoms with Crippen LogP contribution in [-0.2, 0) is 6.54 Å². The van der Waals surface area contributed by atoms with Gasteiger partial charge in [0, 0.05) is 5.39 Å². The maximum atomic E-state index is 8.56. The van der Waals surface area contributed by atoms with E-state index in [-0.39, 0.29) is 0 Å². The number of fused-ring (bicyclic) bond motifs is 1. The van der Waals surface area contributed by atoms with Gasteiger partial charge in [0.2, 0.25) is 0 Å². The highest BCUT2D eigenvalue weighted by atomic mass is 16.5. The molecule has 0 unspecified atom stereocenters. The molecule has 1 aromatic heterocycles. The van der Waals surface area contributed by atoms with Crippen molar-refractivity contribution >= 4 is 11.0 Å². The summed E-state index contributed by atoms with van der Waals surface area (Å²) in [5.41, 5.74) is 4.04. The second-order valence-corrected chi connectivity index (χ2v) is 2.98. The van der Waals surface area contributed by atoms with Gasteiger partial charge in [0.15, 0.2) is 0 Å². The van der Waals surface area contributed by atoms with Gasteiger partial charge in [0.25, 0.3) is 0 Å². The first-order chi connectivity index (χ1) is 6.33. The lowest BCUT2D eigenvalue weighted by Gasteiger charge is -1.93. The van der Waals surface area contributed by atoms with E-state index in [4.69, 9.17) is 9.62 Å². The van der Waals surface area contributed by atoms with Crippen molar-refractivity contribution in [3.05, 3.63) is 35.6 Å². The molecule has 0 bridgehead atoms. The Morgan fingerprint density at radius 2 is 2.15 bits per heavy atom. The van der Waals surface area contributed by atoms with Crippen LogP contribution in [0.1, 0.15) is 11.3 Å². The minimum atomic E-state index is 0.348. The molecular weight excluding hydrogens is 166 g/mol. The lowest BCUT2D eigenvalue weighted by molar-refractivity contribution is 0.154. The smallest absolute Gasteiger partial charge is 0.134 e. The van der Waals surface area contributed by atoms with Crippen molar-refractivity contribution in [2.75, 3.05) is 0 Å². The molecule has 0 aliphatic rings. The molecule has 13 heavy (non-hydrogen) atoms. The first-order valence-electron chi connectivity index (χ1n) is 4.17. The van der Waals surface area contributed by atoms with E-state index in [0.29, 0.717) is 6.54 Å². The predicted octanol–water partition coefficient (Wildman–Crippen LogP) is 2.22. The molecule has 0 aliphatic heterocycles. The SMILES string of the molecule is Cc1c(CNO)oc2ccccc12. The van der Waals surface area contributed by atoms with E-state index < -0.39 is 0 Å². The number of nitrogens with one attached hydrogen (secondary N) is 1. The average molecular weight is 177 g/mol. The fraction of sp³-hybridized carbons (Fsp3) is 0.200. The molecule has 0 atom stereocenters. The van der Waals surface area contributed by atoms with Crippen molar-refractivity contribution in [2.24, 2.45) is 0 Å². The van der Waals surface area contributed by atoms with Crippen LogP contribution in [-0.4, -0.2) is 5.21 Å². The van der Waals surface area contributed by atoms with Gasteiger partial charge in [0.1, 0.15) is 11.3 Å². The van der Waals surface area contributed by atoms with Gasteiger partial charge in [-0.3, -0.25) is 0 Å². The van der Waals surface area contributed by atoms with Gasteiger partial charge in [-0.2, -0.15) is 5.48 Å². The molecule has 0 saturated carbocycles. The fourth-order valence-electron chi connectivity index (χ4n) is 1.47. The van der Waals surface area contributed by atoms with E-state index in [0.717, 1.165) is 22.3 Å². The lowest BCUT2D eigenvalue weighted by Crippen LogP contribution is -2.05. The van der Waals surface area contributed by atoms with Crippen LogP contribution in [0.15, 0.2) is 28.7 Å². The molecule has 0 saturated heterocycles. The molecule has 0 aliphatic carbocycles. The van der Waals surface area contributed by atoms with E-state index in [1.54, 1.807) is 0 Å². The predicted molar refractivity (Wildman–Crippen MR) is 49.6 cm³/mol. The molecule has 2 N–H and O–H groups in total. The summed E-state index contributed by atoms with van der Waals surface area (Å²) in [7, 11) is 0. The van der Waals surface area contributed by atoms with Crippen molar-refractivity contribution in [2.45, 2.75) is 13.5 Å². The van der Waals surface area contributed by atoms with Crippen LogP contribution in [0, 0.1) is 6.92 Å². The van der Waals surface area contributed by atoms with E-state index in [1.807, 2.05) is 31.2 Å². The Morgan fingerprint density at radius 1 is 1.38 bits per heavy atom. The molecule has 68 valence electrons. The van der Waals surface area contributed by atoms with Crippen molar-refractivity contribution in [3.63, 3.8) is 0 Å². The molecule has 2 rings (SSSR count). The number of furan rings is 1. The molecule has 1 aromatic carbocycles. The van der Waals surface area contributed by atoms with Crippen molar-refractivity contribution in [1.82, 2.24) is 5.48 Å². The summed E-state index contributed by atoms with van der Waals surface area (Å²) in [6, 6.07) is 7.83. The summed E-state index contributed by atoms with van der Waals surface area (Å²) >= 11 is 0. The normalized spacial score (nSPS) is 10.9. The maximum Gasteiger partial charge on any atom is 0.134 e. The summed E-state index contributed by atoms with van der Waals surface area (Å²) in [6.07, 6.45) is 0. The first kappa shape index (κ1) is 8.29. The van der Waals surface area contributed by atoms with E-state index in [1.165, 1.54) is 0 Å². The minimum absolute atomic E-state index is 0.348. The van der Waals surface area contributed by atoms with Gasteiger partial charge in [-0.25, -0.2) is 0 Å². The highest BCUT2D eigenvalue weighted by Gasteiger charge is 2.08. The van der Waals surface area contributed by atoms with Crippen LogP contribution in [0.3, 0.4) is 0 Å². The Kier molecular flexibility index (Phi) is 2.04. The Labute approximate surface area is 75.9 Å². The fourth-order valence-corrected chi connectivity index (χ4v) is 1.47. The number of para-hydroxylation sites is 1. The van der Waals surface area contributed by atoms with Crippen LogP contribution < -0.4 is 5.48 Å². The number of aryl methyl sites for hydroxylation is 1. The highest BCUT2D eigenvalue weighted by Crippen LogP contribution is 2.24. The third kappa shape index (κ3) is 1.32. The molecule has 3 nitrogen and oxygen atoms in total. The van der Waals surface area contributed by atoms with Crippen LogP contribution >= 0.6 is 0 Å². The molecule has 0 radical (unpaired) electrons. The third-order valence-electron chi connectivity index (χ3n) is 2.18. The number of hydrogen-bond donors (Lipinski definition) is 2. The molecule has 0 spiro atoms. The standard InChI is InChI=1S/C10H11NO2/c1-7-8-4-2-3-5-9(8)13-10(7)6-11-12/h2-5,11-12H,6H2,1H3. The Morgan fingerprint density at radius 3 is 2.85 bits per heavy atom. The van der Waals surface area contributed by atoms with Crippen LogP contribution in [0.4, 0.5) is 0 Å². The Hall–Kier alpha value is -1.32. The van der Waals surface area contributed by atoms with Gasteiger partial charge in [-0.15, -0.1) is 0 Å². The van der Waals surface area contributed by atoms with Gasteiger partial charge >= 0.3 is 0 Å². The Balaban J connectivity index is 2.60. The zero-order valence-electron chi connectivity index (χ0n) is 7.37. The number of benzene rings is 1. The van der Waals surface area contributed by atoms with Crippen LogP contribution in [0.25, 0.3) is 11.0 Å². The zero-order valence-corrected chi connectivity index (χ0v) is 7.37. The van der Waals surface area contributed by atoms with E-state index in [9.17, 15) is 0 Å². The van der Waals surface area contributed by atoms with E-state index in [2.05, 4.69) is 5.48 Å². The van der Waals surface area contributed by atoms with Gasteiger partial charge in [-0.1, -0.05) is 18.2 Å². The van der Waals surface area contributed by atoms with Crippen molar-refractivity contribution < 1.29 is 9.62 Å². The monoisotopic (exact) mass is 177 g/mol. The summed E-state index contributed by atoms with van der Waals surface area (Å²) in [5.74, 6) is 0.781. The largest absolute Gasteiger partial charge is 0.459 e. The number of hydroxylamine groups is 1. The van der Waals surface area contributed by atoms with Crippen LogP contribution in [0.5, 0.6) is 0 Å². The minimum Gasteiger partial charge on any atom is -0.459 e. The molecule has 3 heteroatoms. The second-order valence-electron chi connectivity index (χ2n) is 2.98. The Bertz CT molecular complexity index is 420. The molecule has 0 fully saturated rings. The molecule has 0 amide bonds. The van der Waals surface area contributed by atoms with Crippen LogP contribution in [0.2, 0.25) is 0 Å². The summed E-state index contributed by atoms with van der Waals surface area (Å²) in [6.45, 7) is 2.33. The van der Waals surface area contributed by atoms with Gasteiger partial charge in [-0.05, 0) is 18.6 Å². The van der Waals surface area contributed by atoms with E-state index >= 15 is 0 Å². The summed E-state index contributed by atoms with van der Waals surface area (Å²) in [4.78, 5) is 0. The number of hydrogen-bond acceptors (Lipinski definition) is 3. The summed E-state index contributed by atoms with van der Waals surface area (Å²) < 4.78 is 5.52. The second kappa shape index (κ2) is 3.20. The molecular formula is C10H11NO2. The highest BCUT2D eigenvalue weighted by molar-refractivity contribution is 5.81. The third-order valence-corrected chi connectivity index (χ3v) is 2.18. The quantitative estimate of drug-likeness (QED) is 0.691. The zero-order chi connectivity index (χ0) is 9.26. The van der Waals surface area contributed by atoms with Gasteiger partial charge in [0.05, 0.1) is 6.54 Å². The first-order valence-corrected chi connectivity index (χ1v) is 4.17. The average Bonchev–Trinajstić information content (AvgIpc) is 2.46. The van der Waals surface area contributed by atoms with Crippen molar-refractivity contribution in [1.29, 1.82) is 0 Å². The lowest BCUT2D eigenvalue weighted by atomic mass is 10.1. The number of rotatable bonds is 2. The van der Waals surface area contributed by atoms with Gasteiger partial charge < -0.3 is 9.62 Å². The maximum absolute atomic E-state index is 8.56. The van der Waals surface area contributed by atoms with Crippen molar-refractivity contribution in [3.8, 4) is 0 Å². The summed E-state index contributed by atoms with van der Waals surface area (Å²) in [5, 5.41) is 9.66. The molecule has 2 aromatic rings. The molecule has 1 heterocycles.